The van der Waals surface area contributed by atoms with Gasteiger partial charge in [0.1, 0.15) is 0 Å². The number of nitrogens with one attached hydrogen (secondary N) is 1. The van der Waals surface area contributed by atoms with E-state index in [2.05, 4.69) is 32.7 Å². The van der Waals surface area contributed by atoms with Gasteiger partial charge >= 0.3 is 0 Å². The average molecular weight is 492 g/mol. The predicted molar refractivity (Wildman–Crippen MR) is 162 cm³/mol. The van der Waals surface area contributed by atoms with Gasteiger partial charge in [0, 0.05) is 11.7 Å². The highest BCUT2D eigenvalue weighted by molar-refractivity contribution is 4.93. The van der Waals surface area contributed by atoms with Crippen molar-refractivity contribution in [3.8, 4) is 0 Å². The molecule has 0 spiro atoms. The summed E-state index contributed by atoms with van der Waals surface area (Å²) in [4.78, 5) is 0. The molecule has 0 unspecified atom stereocenters. The van der Waals surface area contributed by atoms with Gasteiger partial charge in [-0.1, -0.05) is 181 Å². The number of allylic oxidation sites excluding steroid dienone is 1. The fraction of sp³-hybridized carbons (Fsp3) is 0.941. The van der Waals surface area contributed by atoms with Gasteiger partial charge in [0.2, 0.25) is 0 Å². The molecule has 0 rings (SSSR count). The van der Waals surface area contributed by atoms with Crippen LogP contribution in [0.3, 0.4) is 0 Å². The molecule has 0 aromatic rings. The monoisotopic (exact) mass is 492 g/mol. The molecule has 0 saturated heterocycles. The topological polar surface area (TPSA) is 12.0 Å². The SMILES string of the molecule is C=C(CCCCCCCCCCCCC)N[C@@H](CC)CCCCCCCCCCCCCCCC. The molecule has 0 fully saturated rings. The van der Waals surface area contributed by atoms with Crippen LogP contribution in [-0.2, 0) is 0 Å². The van der Waals surface area contributed by atoms with Crippen LogP contribution < -0.4 is 5.32 Å². The van der Waals surface area contributed by atoms with Gasteiger partial charge in [0.15, 0.2) is 0 Å². The number of unbranched alkanes of at least 4 members (excludes halogenated alkanes) is 23. The lowest BCUT2D eigenvalue weighted by Gasteiger charge is -2.20. The summed E-state index contributed by atoms with van der Waals surface area (Å²) in [6, 6.07) is 0.646. The van der Waals surface area contributed by atoms with Crippen molar-refractivity contribution in [2.24, 2.45) is 0 Å². The molecule has 210 valence electrons. The van der Waals surface area contributed by atoms with Crippen LogP contribution in [0, 0.1) is 0 Å². The van der Waals surface area contributed by atoms with Gasteiger partial charge in [0.05, 0.1) is 0 Å². The highest BCUT2D eigenvalue weighted by atomic mass is 14.9. The third-order valence-electron chi connectivity index (χ3n) is 7.89. The van der Waals surface area contributed by atoms with E-state index in [9.17, 15) is 0 Å². The molecule has 0 aliphatic rings. The zero-order valence-electron chi connectivity index (χ0n) is 25.1. The zero-order valence-corrected chi connectivity index (χ0v) is 25.1. The minimum absolute atomic E-state index is 0.646. The molecular weight excluding hydrogens is 422 g/mol. The second-order valence-corrected chi connectivity index (χ2v) is 11.5. The van der Waals surface area contributed by atoms with E-state index in [1.54, 1.807) is 0 Å². The quantitative estimate of drug-likeness (QED) is 0.0985. The Balaban J connectivity index is 3.41. The predicted octanol–water partition coefficient (Wildman–Crippen LogP) is 12.4. The molecule has 35 heavy (non-hydrogen) atoms. The van der Waals surface area contributed by atoms with Crippen molar-refractivity contribution in [3.63, 3.8) is 0 Å². The maximum atomic E-state index is 4.33. The molecular formula is C34H69N. The Morgan fingerprint density at radius 2 is 0.771 bits per heavy atom. The van der Waals surface area contributed by atoms with Crippen molar-refractivity contribution in [1.29, 1.82) is 0 Å². The summed E-state index contributed by atoms with van der Waals surface area (Å²) in [7, 11) is 0. The first kappa shape index (κ1) is 34.5. The summed E-state index contributed by atoms with van der Waals surface area (Å²) in [5.74, 6) is 0. The lowest BCUT2D eigenvalue weighted by atomic mass is 10.0. The Morgan fingerprint density at radius 1 is 0.457 bits per heavy atom. The zero-order chi connectivity index (χ0) is 25.7. The Bertz CT molecular complexity index is 401. The highest BCUT2D eigenvalue weighted by Gasteiger charge is 2.06. The first-order valence-corrected chi connectivity index (χ1v) is 16.7. The van der Waals surface area contributed by atoms with E-state index >= 15 is 0 Å². The minimum Gasteiger partial charge on any atom is -0.386 e. The van der Waals surface area contributed by atoms with E-state index in [1.807, 2.05) is 0 Å². The van der Waals surface area contributed by atoms with Crippen LogP contribution >= 0.6 is 0 Å². The van der Waals surface area contributed by atoms with Crippen LogP contribution in [0.1, 0.15) is 201 Å². The molecule has 0 saturated carbocycles. The van der Waals surface area contributed by atoms with Gasteiger partial charge in [0.25, 0.3) is 0 Å². The van der Waals surface area contributed by atoms with Crippen molar-refractivity contribution in [3.05, 3.63) is 12.3 Å². The molecule has 1 nitrogen and oxygen atoms in total. The van der Waals surface area contributed by atoms with Crippen LogP contribution in [0.2, 0.25) is 0 Å². The lowest BCUT2D eigenvalue weighted by molar-refractivity contribution is 0.462. The summed E-state index contributed by atoms with van der Waals surface area (Å²) in [5, 5.41) is 3.75. The van der Waals surface area contributed by atoms with E-state index in [0.717, 1.165) is 0 Å². The van der Waals surface area contributed by atoms with Gasteiger partial charge in [-0.3, -0.25) is 0 Å². The van der Waals surface area contributed by atoms with Crippen LogP contribution in [0.4, 0.5) is 0 Å². The number of rotatable bonds is 30. The van der Waals surface area contributed by atoms with Crippen LogP contribution in [-0.4, -0.2) is 6.04 Å². The van der Waals surface area contributed by atoms with E-state index in [0.29, 0.717) is 6.04 Å². The molecule has 1 heteroatoms. The molecule has 0 aliphatic heterocycles. The Hall–Kier alpha value is -0.460. The van der Waals surface area contributed by atoms with Crippen LogP contribution in [0.5, 0.6) is 0 Å². The summed E-state index contributed by atoms with van der Waals surface area (Å²) >= 11 is 0. The van der Waals surface area contributed by atoms with Gasteiger partial charge in [-0.25, -0.2) is 0 Å². The van der Waals surface area contributed by atoms with Gasteiger partial charge < -0.3 is 5.32 Å². The van der Waals surface area contributed by atoms with Crippen LogP contribution in [0.15, 0.2) is 12.3 Å². The maximum Gasteiger partial charge on any atom is 0.0255 e. The van der Waals surface area contributed by atoms with Gasteiger partial charge in [-0.2, -0.15) is 0 Å². The highest BCUT2D eigenvalue weighted by Crippen LogP contribution is 2.16. The molecule has 0 aliphatic carbocycles. The summed E-state index contributed by atoms with van der Waals surface area (Å²) in [6.45, 7) is 11.3. The molecule has 0 amide bonds. The van der Waals surface area contributed by atoms with E-state index in [-0.39, 0.29) is 0 Å². The van der Waals surface area contributed by atoms with Crippen molar-refractivity contribution in [1.82, 2.24) is 5.32 Å². The first-order chi connectivity index (χ1) is 17.2. The standard InChI is InChI=1S/C34H69N/c1-5-8-10-12-14-16-18-19-20-22-24-26-28-30-32-34(7-3)35-33(4)31-29-27-25-23-21-17-15-13-11-9-6-2/h34-35H,4-32H2,1-3H3/t34-/m0/s1. The number of hydrogen-bond acceptors (Lipinski definition) is 1. The molecule has 1 atom stereocenters. The Labute approximate surface area is 224 Å². The minimum atomic E-state index is 0.646. The van der Waals surface area contributed by atoms with E-state index in [4.69, 9.17) is 0 Å². The molecule has 0 aromatic carbocycles. The first-order valence-electron chi connectivity index (χ1n) is 16.7. The normalized spacial score (nSPS) is 12.2. The third kappa shape index (κ3) is 28.0. The Morgan fingerprint density at radius 3 is 1.11 bits per heavy atom. The second-order valence-electron chi connectivity index (χ2n) is 11.5. The van der Waals surface area contributed by atoms with Crippen molar-refractivity contribution >= 4 is 0 Å². The summed E-state index contributed by atoms with van der Waals surface area (Å²) in [6.07, 6.45) is 39.5. The fourth-order valence-corrected chi connectivity index (χ4v) is 5.33. The average Bonchev–Trinajstić information content (AvgIpc) is 2.86. The van der Waals surface area contributed by atoms with Crippen molar-refractivity contribution in [2.75, 3.05) is 0 Å². The lowest BCUT2D eigenvalue weighted by Crippen LogP contribution is -2.27. The number of hydrogen-bond donors (Lipinski definition) is 1. The smallest absolute Gasteiger partial charge is 0.0255 e. The van der Waals surface area contributed by atoms with E-state index < -0.39 is 0 Å². The van der Waals surface area contributed by atoms with Gasteiger partial charge in [-0.05, 0) is 25.7 Å². The molecule has 0 aromatic heterocycles. The van der Waals surface area contributed by atoms with Crippen LogP contribution in [0.25, 0.3) is 0 Å². The summed E-state index contributed by atoms with van der Waals surface area (Å²) < 4.78 is 0. The van der Waals surface area contributed by atoms with E-state index in [1.165, 1.54) is 185 Å². The largest absolute Gasteiger partial charge is 0.386 e. The maximum absolute atomic E-state index is 4.33. The Kier molecular flexibility index (Phi) is 29.4. The third-order valence-corrected chi connectivity index (χ3v) is 7.89. The van der Waals surface area contributed by atoms with Gasteiger partial charge in [-0.15, -0.1) is 0 Å². The second kappa shape index (κ2) is 29.8. The van der Waals surface area contributed by atoms with Crippen molar-refractivity contribution < 1.29 is 0 Å². The molecule has 1 N–H and O–H groups in total. The molecule has 0 bridgehead atoms. The van der Waals surface area contributed by atoms with Crippen molar-refractivity contribution in [2.45, 2.75) is 207 Å². The molecule has 0 heterocycles. The summed E-state index contributed by atoms with van der Waals surface area (Å²) in [5.41, 5.74) is 1.29. The molecule has 0 radical (unpaired) electrons. The fourth-order valence-electron chi connectivity index (χ4n) is 5.33.